The van der Waals surface area contributed by atoms with Crippen LogP contribution >= 0.6 is 0 Å². The zero-order valence-corrected chi connectivity index (χ0v) is 21.0. The van der Waals surface area contributed by atoms with Gasteiger partial charge in [0.15, 0.2) is 23.8 Å². The van der Waals surface area contributed by atoms with Crippen LogP contribution in [0.15, 0.2) is 63.6 Å². The molecule has 3 rings (SSSR count). The van der Waals surface area contributed by atoms with Gasteiger partial charge in [-0.2, -0.15) is 5.26 Å². The summed E-state index contributed by atoms with van der Waals surface area (Å²) in [7, 11) is 1.34. The average molecular weight is 533 g/mol. The van der Waals surface area contributed by atoms with Crippen molar-refractivity contribution < 1.29 is 29.1 Å². The number of hydrogen-bond acceptors (Lipinski definition) is 11. The summed E-state index contributed by atoms with van der Waals surface area (Å²) in [6.07, 6.45) is -0.154. The van der Waals surface area contributed by atoms with Crippen molar-refractivity contribution in [3.63, 3.8) is 0 Å². The van der Waals surface area contributed by atoms with Crippen LogP contribution in [0.3, 0.4) is 0 Å². The van der Waals surface area contributed by atoms with E-state index in [1.807, 2.05) is 0 Å². The molecular weight excluding hydrogens is 510 g/mol. The van der Waals surface area contributed by atoms with E-state index in [-0.39, 0.29) is 53.4 Å². The summed E-state index contributed by atoms with van der Waals surface area (Å²) in [6, 6.07) is 14.0. The third-order valence-electron chi connectivity index (χ3n) is 5.63. The van der Waals surface area contributed by atoms with E-state index in [9.17, 15) is 34.9 Å². The Hall–Kier alpha value is -5.38. The minimum atomic E-state index is -0.823. The first-order valence-electron chi connectivity index (χ1n) is 11.5. The van der Waals surface area contributed by atoms with Crippen molar-refractivity contribution in [2.75, 3.05) is 13.7 Å². The molecular formula is C26H23N5O8. The molecule has 0 saturated heterocycles. The molecule has 2 aromatic carbocycles. The summed E-state index contributed by atoms with van der Waals surface area (Å²) in [6.45, 7) is 0.744. The summed E-state index contributed by atoms with van der Waals surface area (Å²) in [5, 5.41) is 39.1. The SMILES string of the molecule is COc1ccc(N=Nc2c(C)c(C#N)c(O)n(CCCC(=O)OCC(=O)c3ccccc3)c2=O)c([N+](=O)[O-])c1. The van der Waals surface area contributed by atoms with Gasteiger partial charge in [-0.05, 0) is 25.5 Å². The number of carbonyl (C=O) groups excluding carboxylic acids is 2. The molecule has 0 unspecified atom stereocenters. The standard InChI is InChI=1S/C26H23N5O8/c1-16-19(14-27)25(34)30(12-6-9-23(33)39-15-22(32)17-7-4-3-5-8-17)26(35)24(16)29-28-20-11-10-18(38-2)13-21(20)31(36)37/h3-5,7-8,10-11,13,34H,6,9,12,15H2,1-2H3. The van der Waals surface area contributed by atoms with Crippen molar-refractivity contribution in [2.24, 2.45) is 10.2 Å². The number of nitro groups is 1. The van der Waals surface area contributed by atoms with E-state index in [1.165, 1.54) is 26.2 Å². The number of nitriles is 1. The number of Topliss-reactive ketones (excluding diaryl/α,β-unsaturated/α-hetero) is 1. The number of nitro benzene ring substituents is 1. The number of rotatable bonds is 11. The monoisotopic (exact) mass is 533 g/mol. The number of benzene rings is 2. The zero-order valence-electron chi connectivity index (χ0n) is 21.0. The lowest BCUT2D eigenvalue weighted by Gasteiger charge is -2.13. The molecule has 0 radical (unpaired) electrons. The average Bonchev–Trinajstić information content (AvgIpc) is 2.94. The molecule has 3 aromatic rings. The first kappa shape index (κ1) is 28.2. The van der Waals surface area contributed by atoms with Gasteiger partial charge >= 0.3 is 5.97 Å². The molecule has 1 N–H and O–H groups in total. The highest BCUT2D eigenvalue weighted by Crippen LogP contribution is 2.33. The van der Waals surface area contributed by atoms with Crippen LogP contribution in [0.5, 0.6) is 11.6 Å². The van der Waals surface area contributed by atoms with Crippen LogP contribution in [-0.4, -0.2) is 40.1 Å². The Morgan fingerprint density at radius 2 is 1.90 bits per heavy atom. The Morgan fingerprint density at radius 1 is 1.18 bits per heavy atom. The second-order valence-corrected chi connectivity index (χ2v) is 8.11. The van der Waals surface area contributed by atoms with Gasteiger partial charge in [0.2, 0.25) is 5.88 Å². The maximum absolute atomic E-state index is 13.1. The number of azo groups is 1. The van der Waals surface area contributed by atoms with Crippen LogP contribution in [0.25, 0.3) is 0 Å². The maximum Gasteiger partial charge on any atom is 0.306 e. The number of ketones is 1. The second-order valence-electron chi connectivity index (χ2n) is 8.11. The number of ether oxygens (including phenoxy) is 2. The van der Waals surface area contributed by atoms with Gasteiger partial charge < -0.3 is 14.6 Å². The predicted octanol–water partition coefficient (Wildman–Crippen LogP) is 4.27. The van der Waals surface area contributed by atoms with Gasteiger partial charge in [-0.1, -0.05) is 30.3 Å². The number of methoxy groups -OCH3 is 1. The predicted molar refractivity (Wildman–Crippen MR) is 137 cm³/mol. The Bertz CT molecular complexity index is 1540. The number of hydrogen-bond donors (Lipinski definition) is 1. The molecule has 0 aliphatic rings. The summed E-state index contributed by atoms with van der Waals surface area (Å²) >= 11 is 0. The Kier molecular flexibility index (Phi) is 9.20. The van der Waals surface area contributed by atoms with Crippen LogP contribution in [0.1, 0.15) is 34.3 Å². The van der Waals surface area contributed by atoms with Gasteiger partial charge in [-0.25, -0.2) is 0 Å². The van der Waals surface area contributed by atoms with Gasteiger partial charge in [0.25, 0.3) is 11.2 Å². The van der Waals surface area contributed by atoms with Crippen molar-refractivity contribution in [3.8, 4) is 17.7 Å². The van der Waals surface area contributed by atoms with Crippen LogP contribution in [0.4, 0.5) is 17.1 Å². The van der Waals surface area contributed by atoms with Crippen molar-refractivity contribution >= 4 is 28.8 Å². The van der Waals surface area contributed by atoms with E-state index in [2.05, 4.69) is 10.2 Å². The number of esters is 1. The van der Waals surface area contributed by atoms with E-state index in [0.29, 0.717) is 5.56 Å². The van der Waals surface area contributed by atoms with Crippen LogP contribution in [0, 0.1) is 28.4 Å². The molecule has 0 aliphatic carbocycles. The highest BCUT2D eigenvalue weighted by molar-refractivity contribution is 5.97. The van der Waals surface area contributed by atoms with Crippen molar-refractivity contribution in [1.29, 1.82) is 5.26 Å². The van der Waals surface area contributed by atoms with E-state index < -0.39 is 34.6 Å². The molecule has 0 aliphatic heterocycles. The third kappa shape index (κ3) is 6.69. The van der Waals surface area contributed by atoms with E-state index >= 15 is 0 Å². The second kappa shape index (κ2) is 12.7. The lowest BCUT2D eigenvalue weighted by Crippen LogP contribution is -2.22. The quantitative estimate of drug-likeness (QED) is 0.123. The first-order valence-corrected chi connectivity index (χ1v) is 11.5. The topological polar surface area (TPSA) is 186 Å². The molecule has 13 nitrogen and oxygen atoms in total. The fourth-order valence-electron chi connectivity index (χ4n) is 3.54. The van der Waals surface area contributed by atoms with Crippen molar-refractivity contribution in [2.45, 2.75) is 26.3 Å². The van der Waals surface area contributed by atoms with E-state index in [0.717, 1.165) is 10.6 Å². The number of nitrogens with zero attached hydrogens (tertiary/aromatic N) is 5. The molecule has 13 heteroatoms. The minimum Gasteiger partial charge on any atom is -0.496 e. The Balaban J connectivity index is 1.78. The summed E-state index contributed by atoms with van der Waals surface area (Å²) < 4.78 is 10.8. The number of aromatic nitrogens is 1. The molecule has 0 amide bonds. The largest absolute Gasteiger partial charge is 0.496 e. The van der Waals surface area contributed by atoms with Crippen molar-refractivity contribution in [1.82, 2.24) is 4.57 Å². The number of pyridine rings is 1. The van der Waals surface area contributed by atoms with Crippen LogP contribution < -0.4 is 10.3 Å². The fraction of sp³-hybridized carbons (Fsp3) is 0.231. The highest BCUT2D eigenvalue weighted by Gasteiger charge is 2.21. The molecule has 1 heterocycles. The summed E-state index contributed by atoms with van der Waals surface area (Å²) in [5.74, 6) is -1.46. The van der Waals surface area contributed by atoms with Gasteiger partial charge in [-0.3, -0.25) is 29.1 Å². The van der Waals surface area contributed by atoms with Gasteiger partial charge in [0, 0.05) is 24.1 Å². The first-order chi connectivity index (χ1) is 18.7. The lowest BCUT2D eigenvalue weighted by molar-refractivity contribution is -0.384. The van der Waals surface area contributed by atoms with Crippen LogP contribution in [-0.2, 0) is 16.1 Å². The zero-order chi connectivity index (χ0) is 28.5. The Labute approximate surface area is 221 Å². The maximum atomic E-state index is 13.1. The van der Waals surface area contributed by atoms with Crippen LogP contribution in [0.2, 0.25) is 0 Å². The van der Waals surface area contributed by atoms with E-state index in [4.69, 9.17) is 9.47 Å². The molecule has 1 aromatic heterocycles. The van der Waals surface area contributed by atoms with E-state index in [1.54, 1.807) is 36.4 Å². The number of aromatic hydroxyl groups is 1. The molecule has 0 spiro atoms. The van der Waals surface area contributed by atoms with Gasteiger partial charge in [-0.15, -0.1) is 10.2 Å². The fourth-order valence-corrected chi connectivity index (χ4v) is 3.54. The molecule has 0 fully saturated rings. The Morgan fingerprint density at radius 3 is 2.54 bits per heavy atom. The highest BCUT2D eigenvalue weighted by atomic mass is 16.6. The van der Waals surface area contributed by atoms with Gasteiger partial charge in [0.05, 0.1) is 18.1 Å². The summed E-state index contributed by atoms with van der Waals surface area (Å²) in [4.78, 5) is 48.0. The molecule has 0 saturated carbocycles. The summed E-state index contributed by atoms with van der Waals surface area (Å²) in [5.41, 5.74) is -1.54. The lowest BCUT2D eigenvalue weighted by atomic mass is 10.1. The third-order valence-corrected chi connectivity index (χ3v) is 5.63. The number of carbonyl (C=O) groups is 2. The van der Waals surface area contributed by atoms with Gasteiger partial charge in [0.1, 0.15) is 17.4 Å². The smallest absolute Gasteiger partial charge is 0.306 e. The molecule has 0 atom stereocenters. The molecule has 200 valence electrons. The van der Waals surface area contributed by atoms with Crippen molar-refractivity contribution in [3.05, 3.63) is 85.7 Å². The molecule has 39 heavy (non-hydrogen) atoms. The minimum absolute atomic E-state index is 0.0231. The molecule has 0 bridgehead atoms. The normalized spacial score (nSPS) is 10.7.